The highest BCUT2D eigenvalue weighted by Crippen LogP contribution is 2.74. The van der Waals surface area contributed by atoms with Gasteiger partial charge in [-0.2, -0.15) is 0 Å². The van der Waals surface area contributed by atoms with Crippen LogP contribution in [0.2, 0.25) is 0 Å². The van der Waals surface area contributed by atoms with E-state index in [2.05, 4.69) is 34.6 Å². The standard InChI is InChI=1S/C23H38O2/c1-7-23(5,6)21-17-11-16(18(21)12(3)4)20-14-9-13(19(17)20)10-15(14)22(24)25-8-2/h12-21H,7-11H2,1-6H3. The van der Waals surface area contributed by atoms with Crippen molar-refractivity contribution in [3.8, 4) is 0 Å². The van der Waals surface area contributed by atoms with Gasteiger partial charge in [0.25, 0.3) is 0 Å². The molecular formula is C23H38O2. The van der Waals surface area contributed by atoms with Crippen molar-refractivity contribution >= 4 is 5.97 Å². The van der Waals surface area contributed by atoms with Gasteiger partial charge in [0.1, 0.15) is 0 Å². The average molecular weight is 347 g/mol. The Hall–Kier alpha value is -0.530. The van der Waals surface area contributed by atoms with Gasteiger partial charge in [0.05, 0.1) is 12.5 Å². The fourth-order valence-corrected chi connectivity index (χ4v) is 8.43. The number of ether oxygens (including phenoxy) is 1. The summed E-state index contributed by atoms with van der Waals surface area (Å²) in [5, 5.41) is 0. The lowest BCUT2D eigenvalue weighted by Gasteiger charge is -2.51. The Morgan fingerprint density at radius 1 is 1.04 bits per heavy atom. The zero-order valence-corrected chi connectivity index (χ0v) is 17.1. The summed E-state index contributed by atoms with van der Waals surface area (Å²) in [6.45, 7) is 14.8. The molecule has 9 unspecified atom stereocenters. The van der Waals surface area contributed by atoms with E-state index >= 15 is 0 Å². The first kappa shape index (κ1) is 17.9. The van der Waals surface area contributed by atoms with Crippen LogP contribution in [-0.2, 0) is 9.53 Å². The van der Waals surface area contributed by atoms with Crippen LogP contribution in [0.3, 0.4) is 0 Å². The Kier molecular flexibility index (Phi) is 4.28. The first-order valence-corrected chi connectivity index (χ1v) is 11.0. The van der Waals surface area contributed by atoms with Gasteiger partial charge in [-0.3, -0.25) is 4.79 Å². The highest BCUT2D eigenvalue weighted by molar-refractivity contribution is 5.73. The van der Waals surface area contributed by atoms with E-state index in [1.165, 1.54) is 19.3 Å². The molecule has 4 bridgehead atoms. The lowest BCUT2D eigenvalue weighted by atomic mass is 9.54. The molecule has 0 aromatic heterocycles. The fourth-order valence-electron chi connectivity index (χ4n) is 8.43. The number of hydrogen-bond donors (Lipinski definition) is 0. The second kappa shape index (κ2) is 5.99. The van der Waals surface area contributed by atoms with Crippen LogP contribution in [0.5, 0.6) is 0 Å². The van der Waals surface area contributed by atoms with E-state index in [9.17, 15) is 4.79 Å². The van der Waals surface area contributed by atoms with Crippen molar-refractivity contribution in [1.82, 2.24) is 0 Å². The summed E-state index contributed by atoms with van der Waals surface area (Å²) in [5.41, 5.74) is 0.460. The molecule has 4 fully saturated rings. The molecule has 0 saturated heterocycles. The minimum Gasteiger partial charge on any atom is -0.466 e. The highest BCUT2D eigenvalue weighted by atomic mass is 16.5. The number of fused-ring (bicyclic) bond motifs is 9. The van der Waals surface area contributed by atoms with Crippen LogP contribution in [0.25, 0.3) is 0 Å². The van der Waals surface area contributed by atoms with Gasteiger partial charge in [-0.1, -0.05) is 41.0 Å². The molecule has 142 valence electrons. The Bertz CT molecular complexity index is 536. The van der Waals surface area contributed by atoms with Crippen LogP contribution in [-0.4, -0.2) is 12.6 Å². The van der Waals surface area contributed by atoms with E-state index < -0.39 is 0 Å². The SMILES string of the molecule is CCOC(=O)C1CC2CC1C1C3CC(C21)C(C(C)(C)CC)C3C(C)C. The second-order valence-corrected chi connectivity index (χ2v) is 10.7. The summed E-state index contributed by atoms with van der Waals surface area (Å²) in [5.74, 6) is 7.85. The van der Waals surface area contributed by atoms with Crippen molar-refractivity contribution in [2.75, 3.05) is 6.61 Å². The molecule has 0 spiro atoms. The highest BCUT2D eigenvalue weighted by Gasteiger charge is 2.69. The Morgan fingerprint density at radius 2 is 1.76 bits per heavy atom. The predicted molar refractivity (Wildman–Crippen MR) is 101 cm³/mol. The maximum absolute atomic E-state index is 12.5. The molecule has 4 saturated carbocycles. The molecule has 2 nitrogen and oxygen atoms in total. The van der Waals surface area contributed by atoms with Crippen LogP contribution >= 0.6 is 0 Å². The lowest BCUT2D eigenvalue weighted by molar-refractivity contribution is -0.152. The third-order valence-electron chi connectivity index (χ3n) is 9.21. The Labute approximate surface area is 154 Å². The van der Waals surface area contributed by atoms with Crippen molar-refractivity contribution in [2.45, 2.75) is 67.2 Å². The summed E-state index contributed by atoms with van der Waals surface area (Å²) in [6, 6.07) is 0. The quantitative estimate of drug-likeness (QED) is 0.491. The van der Waals surface area contributed by atoms with Crippen molar-refractivity contribution in [2.24, 2.45) is 64.6 Å². The fraction of sp³-hybridized carbons (Fsp3) is 0.957. The van der Waals surface area contributed by atoms with Gasteiger partial charge in [0.15, 0.2) is 0 Å². The summed E-state index contributed by atoms with van der Waals surface area (Å²) < 4.78 is 5.44. The molecule has 0 aromatic carbocycles. The first-order valence-electron chi connectivity index (χ1n) is 11.0. The van der Waals surface area contributed by atoms with Gasteiger partial charge in [0, 0.05) is 0 Å². The number of carbonyl (C=O) groups is 1. The molecule has 4 rings (SSSR count). The van der Waals surface area contributed by atoms with Crippen molar-refractivity contribution in [3.05, 3.63) is 0 Å². The van der Waals surface area contributed by atoms with E-state index in [0.29, 0.717) is 17.9 Å². The zero-order valence-electron chi connectivity index (χ0n) is 17.1. The van der Waals surface area contributed by atoms with Crippen molar-refractivity contribution < 1.29 is 9.53 Å². The van der Waals surface area contributed by atoms with Gasteiger partial charge < -0.3 is 4.74 Å². The first-order chi connectivity index (χ1) is 11.8. The number of hydrogen-bond acceptors (Lipinski definition) is 2. The lowest BCUT2D eigenvalue weighted by Crippen LogP contribution is -2.47. The molecule has 0 aliphatic heterocycles. The van der Waals surface area contributed by atoms with Gasteiger partial charge >= 0.3 is 5.97 Å². The van der Waals surface area contributed by atoms with E-state index in [4.69, 9.17) is 4.74 Å². The molecule has 0 heterocycles. The molecule has 9 atom stereocenters. The van der Waals surface area contributed by atoms with Crippen LogP contribution < -0.4 is 0 Å². The molecule has 25 heavy (non-hydrogen) atoms. The van der Waals surface area contributed by atoms with Gasteiger partial charge in [-0.25, -0.2) is 0 Å². The summed E-state index contributed by atoms with van der Waals surface area (Å²) in [4.78, 5) is 12.5. The van der Waals surface area contributed by atoms with Crippen LogP contribution in [0.15, 0.2) is 0 Å². The van der Waals surface area contributed by atoms with Crippen LogP contribution in [0, 0.1) is 64.6 Å². The molecule has 0 amide bonds. The minimum atomic E-state index is 0.114. The molecule has 4 aliphatic carbocycles. The largest absolute Gasteiger partial charge is 0.466 e. The van der Waals surface area contributed by atoms with E-state index in [1.54, 1.807) is 0 Å². The maximum Gasteiger partial charge on any atom is 0.309 e. The molecule has 0 radical (unpaired) electrons. The normalized spacial score (nSPS) is 47.6. The molecule has 4 aliphatic rings. The van der Waals surface area contributed by atoms with Crippen molar-refractivity contribution in [1.29, 1.82) is 0 Å². The topological polar surface area (TPSA) is 26.3 Å². The monoisotopic (exact) mass is 346 g/mol. The summed E-state index contributed by atoms with van der Waals surface area (Å²) in [7, 11) is 0. The average Bonchev–Trinajstić information content (AvgIpc) is 3.30. The number of carbonyl (C=O) groups excluding carboxylic acids is 1. The van der Waals surface area contributed by atoms with Crippen LogP contribution in [0.4, 0.5) is 0 Å². The van der Waals surface area contributed by atoms with Gasteiger partial charge in [-0.15, -0.1) is 0 Å². The zero-order chi connectivity index (χ0) is 18.1. The number of esters is 1. The smallest absolute Gasteiger partial charge is 0.309 e. The predicted octanol–water partition coefficient (Wildman–Crippen LogP) is 5.41. The molecule has 0 aromatic rings. The second-order valence-electron chi connectivity index (χ2n) is 10.7. The minimum absolute atomic E-state index is 0.114. The Balaban J connectivity index is 1.63. The van der Waals surface area contributed by atoms with Gasteiger partial charge in [0.2, 0.25) is 0 Å². The Morgan fingerprint density at radius 3 is 2.36 bits per heavy atom. The summed E-state index contributed by atoms with van der Waals surface area (Å²) >= 11 is 0. The van der Waals surface area contributed by atoms with E-state index in [1.807, 2.05) is 6.92 Å². The van der Waals surface area contributed by atoms with E-state index in [-0.39, 0.29) is 11.9 Å². The van der Waals surface area contributed by atoms with Crippen molar-refractivity contribution in [3.63, 3.8) is 0 Å². The molecular weight excluding hydrogens is 308 g/mol. The molecule has 0 N–H and O–H groups in total. The third-order valence-corrected chi connectivity index (χ3v) is 9.21. The van der Waals surface area contributed by atoms with E-state index in [0.717, 1.165) is 53.8 Å². The van der Waals surface area contributed by atoms with Gasteiger partial charge in [-0.05, 0) is 84.9 Å². The maximum atomic E-state index is 12.5. The number of rotatable bonds is 5. The third kappa shape index (κ3) is 2.38. The molecule has 2 heteroatoms. The summed E-state index contributed by atoms with van der Waals surface area (Å²) in [6.07, 6.45) is 5.19. The van der Waals surface area contributed by atoms with Crippen LogP contribution in [0.1, 0.15) is 67.2 Å².